The second-order valence-electron chi connectivity index (χ2n) is 15.2. The summed E-state index contributed by atoms with van der Waals surface area (Å²) in [6, 6.07) is 60.6. The molecule has 2 heterocycles. The number of allylic oxidation sites excluding steroid dienone is 4. The Bertz CT molecular complexity index is 2930. The van der Waals surface area contributed by atoms with Gasteiger partial charge in [-0.25, -0.2) is 4.98 Å². The van der Waals surface area contributed by atoms with Crippen LogP contribution < -0.4 is 0 Å². The Balaban J connectivity index is 0.916. The Kier molecular flexibility index (Phi) is 6.41. The molecule has 0 amide bonds. The van der Waals surface area contributed by atoms with Crippen LogP contribution in [0.15, 0.2) is 193 Å². The monoisotopic (exact) mass is 698 g/mol. The third-order valence-corrected chi connectivity index (χ3v) is 12.4. The van der Waals surface area contributed by atoms with Crippen LogP contribution in [0.4, 0.5) is 5.69 Å². The minimum atomic E-state index is -0.339. The lowest BCUT2D eigenvalue weighted by molar-refractivity contribution is 0.794. The molecule has 256 valence electrons. The van der Waals surface area contributed by atoms with Crippen molar-refractivity contribution in [3.63, 3.8) is 0 Å². The molecule has 55 heavy (non-hydrogen) atoms. The number of hydrogen-bond acceptors (Lipinski definition) is 2. The molecule has 1 aromatic heterocycles. The van der Waals surface area contributed by atoms with E-state index in [0.29, 0.717) is 0 Å². The Morgan fingerprint density at radius 2 is 1.00 bits per heavy atom. The fourth-order valence-electron chi connectivity index (χ4n) is 10.0. The fourth-order valence-corrected chi connectivity index (χ4v) is 10.0. The van der Waals surface area contributed by atoms with Crippen LogP contribution in [0.25, 0.3) is 66.7 Å². The molecule has 0 saturated heterocycles. The van der Waals surface area contributed by atoms with Gasteiger partial charge in [0.1, 0.15) is 0 Å². The molecule has 4 aliphatic rings. The van der Waals surface area contributed by atoms with E-state index in [1.54, 1.807) is 0 Å². The number of hydrogen-bond donors (Lipinski definition) is 0. The standard InChI is InChI=1S/C53H34N2/c1-2-15-42-48(20-3-1)55-52-43-16-7-11-21-49(43)54-51(50(42)52)36-28-26-34(27-29-36)33-22-24-35(25-23-33)37-30-31-41-40-14-6-10-19-46(40)53(47(41)32-37)44-17-8-4-12-38(44)39-13-5-9-18-45(39)53/h1-14,16-32,42H,15H2. The first-order valence-corrected chi connectivity index (χ1v) is 19.3. The molecular weight excluding hydrogens is 665 g/mol. The molecule has 0 bridgehead atoms. The molecule has 2 heteroatoms. The maximum atomic E-state index is 5.25. The minimum absolute atomic E-state index is 0.214. The van der Waals surface area contributed by atoms with E-state index < -0.39 is 0 Å². The molecule has 0 saturated carbocycles. The van der Waals surface area contributed by atoms with Crippen molar-refractivity contribution >= 4 is 22.3 Å². The lowest BCUT2D eigenvalue weighted by atomic mass is 9.70. The van der Waals surface area contributed by atoms with Crippen molar-refractivity contribution in [3.05, 3.63) is 216 Å². The zero-order valence-electron chi connectivity index (χ0n) is 30.1. The summed E-state index contributed by atoms with van der Waals surface area (Å²) in [4.78, 5) is 10.4. The number of fused-ring (bicyclic) bond motifs is 15. The van der Waals surface area contributed by atoms with Gasteiger partial charge in [-0.3, -0.25) is 4.99 Å². The average Bonchev–Trinajstić information content (AvgIpc) is 3.80. The largest absolute Gasteiger partial charge is 0.252 e. The van der Waals surface area contributed by atoms with Gasteiger partial charge in [0, 0.05) is 28.1 Å². The van der Waals surface area contributed by atoms with Crippen molar-refractivity contribution < 1.29 is 0 Å². The molecular formula is C53H34N2. The highest BCUT2D eigenvalue weighted by Gasteiger charge is 2.51. The molecule has 1 aliphatic heterocycles. The fraction of sp³-hybridized carbons (Fsp3) is 0.0566. The molecule has 8 aromatic rings. The second-order valence-corrected chi connectivity index (χ2v) is 15.2. The summed E-state index contributed by atoms with van der Waals surface area (Å²) < 4.78 is 0. The summed E-state index contributed by atoms with van der Waals surface area (Å²) in [5.41, 5.74) is 21.9. The number of rotatable bonds is 3. The smallest absolute Gasteiger partial charge is 0.0787 e. The Hall–Kier alpha value is -6.90. The predicted octanol–water partition coefficient (Wildman–Crippen LogP) is 13.3. The van der Waals surface area contributed by atoms with Gasteiger partial charge in [-0.05, 0) is 91.4 Å². The molecule has 0 N–H and O–H groups in total. The van der Waals surface area contributed by atoms with E-state index in [-0.39, 0.29) is 11.3 Å². The van der Waals surface area contributed by atoms with Crippen molar-refractivity contribution in [2.75, 3.05) is 0 Å². The molecule has 0 radical (unpaired) electrons. The molecule has 12 rings (SSSR count). The Morgan fingerprint density at radius 1 is 0.473 bits per heavy atom. The normalized spacial score (nSPS) is 16.2. The number of aromatic nitrogens is 1. The van der Waals surface area contributed by atoms with Gasteiger partial charge in [0.05, 0.1) is 22.3 Å². The lowest BCUT2D eigenvalue weighted by Crippen LogP contribution is -2.25. The quantitative estimate of drug-likeness (QED) is 0.180. The lowest BCUT2D eigenvalue weighted by Gasteiger charge is -2.30. The van der Waals surface area contributed by atoms with E-state index >= 15 is 0 Å². The molecule has 1 unspecified atom stereocenters. The number of nitrogens with zero attached hydrogens (tertiary/aromatic N) is 2. The second kappa shape index (κ2) is 11.5. The molecule has 2 nitrogen and oxygen atoms in total. The molecule has 3 aliphatic carbocycles. The molecule has 1 spiro atoms. The topological polar surface area (TPSA) is 25.2 Å². The SMILES string of the molecule is C1=CCC2C(=Nc3c2c(-c2ccc(-c4ccc(-c5ccc6c(c5)C5(c7ccccc7-c7ccccc75)c5ccccc5-6)cc4)cc2)nc2ccccc32)C=C1. The maximum Gasteiger partial charge on any atom is 0.0787 e. The first-order chi connectivity index (χ1) is 27.3. The summed E-state index contributed by atoms with van der Waals surface area (Å²) in [5.74, 6) is 0.214. The van der Waals surface area contributed by atoms with Crippen molar-refractivity contribution in [1.29, 1.82) is 0 Å². The van der Waals surface area contributed by atoms with Gasteiger partial charge in [-0.2, -0.15) is 0 Å². The molecule has 7 aromatic carbocycles. The molecule has 1 atom stereocenters. The van der Waals surface area contributed by atoms with E-state index in [1.165, 1.54) is 72.3 Å². The van der Waals surface area contributed by atoms with Crippen LogP contribution in [0.2, 0.25) is 0 Å². The van der Waals surface area contributed by atoms with Crippen LogP contribution >= 0.6 is 0 Å². The van der Waals surface area contributed by atoms with Gasteiger partial charge in [0.15, 0.2) is 0 Å². The zero-order chi connectivity index (χ0) is 36.1. The molecule has 0 fully saturated rings. The minimum Gasteiger partial charge on any atom is -0.252 e. The van der Waals surface area contributed by atoms with E-state index in [4.69, 9.17) is 9.98 Å². The van der Waals surface area contributed by atoms with E-state index in [1.807, 2.05) is 0 Å². The van der Waals surface area contributed by atoms with Crippen molar-refractivity contribution in [2.24, 2.45) is 4.99 Å². The zero-order valence-corrected chi connectivity index (χ0v) is 30.1. The van der Waals surface area contributed by atoms with Crippen LogP contribution in [0.1, 0.15) is 40.2 Å². The first kappa shape index (κ1) is 30.6. The van der Waals surface area contributed by atoms with Crippen LogP contribution in [0, 0.1) is 0 Å². The average molecular weight is 699 g/mol. The summed E-state index contributed by atoms with van der Waals surface area (Å²) in [6.07, 6.45) is 9.56. The number of pyridine rings is 1. The summed E-state index contributed by atoms with van der Waals surface area (Å²) in [6.45, 7) is 0. The highest BCUT2D eigenvalue weighted by atomic mass is 14.8. The third kappa shape index (κ3) is 4.25. The Morgan fingerprint density at radius 3 is 1.65 bits per heavy atom. The highest BCUT2D eigenvalue weighted by molar-refractivity contribution is 6.12. The van der Waals surface area contributed by atoms with Crippen LogP contribution in [0.5, 0.6) is 0 Å². The van der Waals surface area contributed by atoms with Gasteiger partial charge in [0.25, 0.3) is 0 Å². The van der Waals surface area contributed by atoms with Gasteiger partial charge < -0.3 is 0 Å². The number of benzene rings is 7. The summed E-state index contributed by atoms with van der Waals surface area (Å²) in [7, 11) is 0. The van der Waals surface area contributed by atoms with Crippen LogP contribution in [0.3, 0.4) is 0 Å². The summed E-state index contributed by atoms with van der Waals surface area (Å²) in [5, 5.41) is 1.12. The van der Waals surface area contributed by atoms with Crippen molar-refractivity contribution in [1.82, 2.24) is 4.98 Å². The van der Waals surface area contributed by atoms with Gasteiger partial charge in [-0.1, -0.05) is 170 Å². The Labute approximate surface area is 320 Å². The third-order valence-electron chi connectivity index (χ3n) is 12.4. The van der Waals surface area contributed by atoms with E-state index in [2.05, 4.69) is 188 Å². The number of aliphatic imine (C=N–C) groups is 1. The highest BCUT2D eigenvalue weighted by Crippen LogP contribution is 2.63. The van der Waals surface area contributed by atoms with Gasteiger partial charge in [0.2, 0.25) is 0 Å². The van der Waals surface area contributed by atoms with Crippen LogP contribution in [-0.2, 0) is 5.41 Å². The maximum absolute atomic E-state index is 5.25. The van der Waals surface area contributed by atoms with Crippen LogP contribution in [-0.4, -0.2) is 10.7 Å². The predicted molar refractivity (Wildman–Crippen MR) is 227 cm³/mol. The van der Waals surface area contributed by atoms with Gasteiger partial charge >= 0.3 is 0 Å². The first-order valence-electron chi connectivity index (χ1n) is 19.3. The van der Waals surface area contributed by atoms with Crippen molar-refractivity contribution in [3.8, 4) is 55.8 Å². The van der Waals surface area contributed by atoms with Gasteiger partial charge in [-0.15, -0.1) is 0 Å². The van der Waals surface area contributed by atoms with E-state index in [0.717, 1.165) is 40.0 Å². The van der Waals surface area contributed by atoms with E-state index in [9.17, 15) is 0 Å². The summed E-state index contributed by atoms with van der Waals surface area (Å²) >= 11 is 0. The number of para-hydroxylation sites is 1. The van der Waals surface area contributed by atoms with Crippen molar-refractivity contribution in [2.45, 2.75) is 17.8 Å².